The molecule has 1 heterocycles. The zero-order valence-corrected chi connectivity index (χ0v) is 10.6. The lowest BCUT2D eigenvalue weighted by atomic mass is 10.2. The minimum absolute atomic E-state index is 0.229. The highest BCUT2D eigenvalue weighted by Gasteiger charge is 2.10. The van der Waals surface area contributed by atoms with E-state index in [0.29, 0.717) is 22.6 Å². The van der Waals surface area contributed by atoms with Gasteiger partial charge in [-0.1, -0.05) is 29.8 Å². The van der Waals surface area contributed by atoms with Gasteiger partial charge in [-0.25, -0.2) is 9.18 Å². The fourth-order valence-electron chi connectivity index (χ4n) is 2.10. The van der Waals surface area contributed by atoms with Crippen LogP contribution in [-0.4, -0.2) is 9.55 Å². The highest BCUT2D eigenvalue weighted by molar-refractivity contribution is 6.34. The van der Waals surface area contributed by atoms with E-state index in [1.54, 1.807) is 34.9 Å². The first-order valence-electron chi connectivity index (χ1n) is 5.76. The summed E-state index contributed by atoms with van der Waals surface area (Å²) >= 11 is 6.13. The number of benzene rings is 2. The third-order valence-corrected chi connectivity index (χ3v) is 3.30. The number of halogens is 2. The van der Waals surface area contributed by atoms with Crippen LogP contribution in [0, 0.1) is 5.82 Å². The molecule has 0 aliphatic rings. The van der Waals surface area contributed by atoms with Crippen LogP contribution in [0.2, 0.25) is 5.02 Å². The van der Waals surface area contributed by atoms with Crippen molar-refractivity contribution in [3.8, 4) is 0 Å². The van der Waals surface area contributed by atoms with Gasteiger partial charge < -0.3 is 4.98 Å². The Balaban J connectivity index is 2.12. The molecule has 96 valence electrons. The Kier molecular flexibility index (Phi) is 2.87. The van der Waals surface area contributed by atoms with Gasteiger partial charge in [-0.15, -0.1) is 0 Å². The number of rotatable bonds is 2. The zero-order chi connectivity index (χ0) is 13.4. The van der Waals surface area contributed by atoms with Crippen LogP contribution in [0.1, 0.15) is 5.56 Å². The molecule has 1 aromatic heterocycles. The number of aromatic amines is 1. The number of imidazole rings is 1. The molecular weight excluding hydrogens is 267 g/mol. The molecule has 3 nitrogen and oxygen atoms in total. The van der Waals surface area contributed by atoms with Gasteiger partial charge in [0.1, 0.15) is 5.82 Å². The second-order valence-electron chi connectivity index (χ2n) is 4.28. The predicted octanol–water partition coefficient (Wildman–Crippen LogP) is 3.17. The molecule has 0 atom stereocenters. The molecule has 0 fully saturated rings. The van der Waals surface area contributed by atoms with Crippen LogP contribution in [0.3, 0.4) is 0 Å². The quantitative estimate of drug-likeness (QED) is 0.767. The number of fused-ring (bicyclic) bond motifs is 1. The highest BCUT2D eigenvalue weighted by atomic mass is 35.5. The van der Waals surface area contributed by atoms with Crippen LogP contribution in [-0.2, 0) is 6.54 Å². The molecule has 19 heavy (non-hydrogen) atoms. The fourth-order valence-corrected chi connectivity index (χ4v) is 2.37. The second kappa shape index (κ2) is 4.55. The van der Waals surface area contributed by atoms with Gasteiger partial charge >= 0.3 is 5.69 Å². The lowest BCUT2D eigenvalue weighted by Crippen LogP contribution is -2.17. The summed E-state index contributed by atoms with van der Waals surface area (Å²) in [4.78, 5) is 14.7. The number of para-hydroxylation sites is 1. The summed E-state index contributed by atoms with van der Waals surface area (Å²) < 4.78 is 14.4. The van der Waals surface area contributed by atoms with Gasteiger partial charge in [0, 0.05) is 0 Å². The van der Waals surface area contributed by atoms with Crippen LogP contribution in [0.15, 0.2) is 47.3 Å². The van der Waals surface area contributed by atoms with Crippen LogP contribution < -0.4 is 5.69 Å². The number of hydrogen-bond acceptors (Lipinski definition) is 1. The zero-order valence-electron chi connectivity index (χ0n) is 9.86. The van der Waals surface area contributed by atoms with Crippen molar-refractivity contribution >= 4 is 22.6 Å². The molecular formula is C14H10ClFN2O. The van der Waals surface area contributed by atoms with Gasteiger partial charge in [0.2, 0.25) is 0 Å². The van der Waals surface area contributed by atoms with Gasteiger partial charge in [0.25, 0.3) is 0 Å². The minimum atomic E-state index is -0.298. The van der Waals surface area contributed by atoms with E-state index in [0.717, 1.165) is 5.56 Å². The molecule has 0 saturated carbocycles. The first-order chi connectivity index (χ1) is 9.15. The third-order valence-electron chi connectivity index (χ3n) is 3.00. The SMILES string of the molecule is O=c1[nH]c2cccc(Cl)c2n1Cc1ccc(F)cc1. The van der Waals surface area contributed by atoms with E-state index in [9.17, 15) is 9.18 Å². The van der Waals surface area contributed by atoms with Gasteiger partial charge in [0.15, 0.2) is 0 Å². The van der Waals surface area contributed by atoms with Crippen molar-refractivity contribution in [3.63, 3.8) is 0 Å². The number of nitrogens with one attached hydrogen (secondary N) is 1. The molecule has 3 rings (SSSR count). The Hall–Kier alpha value is -2.07. The Labute approximate surface area is 113 Å². The largest absolute Gasteiger partial charge is 0.326 e. The van der Waals surface area contributed by atoms with Crippen LogP contribution in [0.4, 0.5) is 4.39 Å². The summed E-state index contributed by atoms with van der Waals surface area (Å²) in [5.74, 6) is -0.298. The average molecular weight is 277 g/mol. The Bertz CT molecular complexity index is 789. The van der Waals surface area contributed by atoms with Crippen molar-refractivity contribution in [2.24, 2.45) is 0 Å². The summed E-state index contributed by atoms with van der Waals surface area (Å²) in [5, 5.41) is 0.512. The smallest absolute Gasteiger partial charge is 0.305 e. The van der Waals surface area contributed by atoms with Gasteiger partial charge in [-0.3, -0.25) is 4.57 Å². The topological polar surface area (TPSA) is 37.8 Å². The summed E-state index contributed by atoms with van der Waals surface area (Å²) in [7, 11) is 0. The molecule has 5 heteroatoms. The molecule has 0 saturated heterocycles. The van der Waals surface area contributed by atoms with Gasteiger partial charge in [-0.2, -0.15) is 0 Å². The summed E-state index contributed by atoms with van der Waals surface area (Å²) in [5.41, 5.74) is 1.97. The Morgan fingerprint density at radius 1 is 1.16 bits per heavy atom. The summed E-state index contributed by atoms with van der Waals surface area (Å²) in [6, 6.07) is 11.4. The summed E-state index contributed by atoms with van der Waals surface area (Å²) in [6.07, 6.45) is 0. The molecule has 1 N–H and O–H groups in total. The minimum Gasteiger partial charge on any atom is -0.305 e. The number of nitrogens with zero attached hydrogens (tertiary/aromatic N) is 1. The molecule has 0 unspecified atom stereocenters. The average Bonchev–Trinajstić information content (AvgIpc) is 2.70. The Morgan fingerprint density at radius 2 is 1.89 bits per heavy atom. The first kappa shape index (κ1) is 12.0. The maximum atomic E-state index is 12.9. The molecule has 2 aromatic carbocycles. The van der Waals surface area contributed by atoms with Crippen LogP contribution >= 0.6 is 11.6 Å². The number of H-pyrrole nitrogens is 1. The fraction of sp³-hybridized carbons (Fsp3) is 0.0714. The lowest BCUT2D eigenvalue weighted by Gasteiger charge is -2.04. The van der Waals surface area contributed by atoms with Gasteiger partial charge in [-0.05, 0) is 29.8 Å². The summed E-state index contributed by atoms with van der Waals surface area (Å²) in [6.45, 7) is 0.350. The first-order valence-corrected chi connectivity index (χ1v) is 6.14. The van der Waals surface area contributed by atoms with E-state index >= 15 is 0 Å². The van der Waals surface area contributed by atoms with E-state index in [-0.39, 0.29) is 11.5 Å². The maximum absolute atomic E-state index is 12.9. The van der Waals surface area contributed by atoms with E-state index in [2.05, 4.69) is 4.98 Å². The van der Waals surface area contributed by atoms with Crippen molar-refractivity contribution in [1.29, 1.82) is 0 Å². The normalized spacial score (nSPS) is 11.1. The van der Waals surface area contributed by atoms with Crippen molar-refractivity contribution in [2.45, 2.75) is 6.54 Å². The molecule has 3 aromatic rings. The molecule has 0 bridgehead atoms. The second-order valence-corrected chi connectivity index (χ2v) is 4.69. The van der Waals surface area contributed by atoms with Crippen LogP contribution in [0.5, 0.6) is 0 Å². The van der Waals surface area contributed by atoms with Crippen molar-refractivity contribution in [1.82, 2.24) is 9.55 Å². The van der Waals surface area contributed by atoms with E-state index in [1.165, 1.54) is 12.1 Å². The van der Waals surface area contributed by atoms with E-state index in [1.807, 2.05) is 0 Å². The molecule has 0 radical (unpaired) electrons. The molecule has 0 spiro atoms. The van der Waals surface area contributed by atoms with Crippen molar-refractivity contribution in [2.75, 3.05) is 0 Å². The predicted molar refractivity (Wildman–Crippen MR) is 73.1 cm³/mol. The van der Waals surface area contributed by atoms with Gasteiger partial charge in [0.05, 0.1) is 22.6 Å². The van der Waals surface area contributed by atoms with E-state index < -0.39 is 0 Å². The molecule has 0 aliphatic heterocycles. The number of hydrogen-bond donors (Lipinski definition) is 1. The van der Waals surface area contributed by atoms with E-state index in [4.69, 9.17) is 11.6 Å². The monoisotopic (exact) mass is 276 g/mol. The van der Waals surface area contributed by atoms with Crippen molar-refractivity contribution < 1.29 is 4.39 Å². The standard InChI is InChI=1S/C14H10ClFN2O/c15-11-2-1-3-12-13(11)18(14(19)17-12)8-9-4-6-10(16)7-5-9/h1-7H,8H2,(H,17,19). The highest BCUT2D eigenvalue weighted by Crippen LogP contribution is 2.21. The molecule has 0 aliphatic carbocycles. The maximum Gasteiger partial charge on any atom is 0.326 e. The third kappa shape index (κ3) is 2.15. The molecule has 0 amide bonds. The number of aromatic nitrogens is 2. The lowest BCUT2D eigenvalue weighted by molar-refractivity contribution is 0.626. The van der Waals surface area contributed by atoms with Crippen LogP contribution in [0.25, 0.3) is 11.0 Å². The van der Waals surface area contributed by atoms with Crippen molar-refractivity contribution in [3.05, 3.63) is 69.4 Å². The Morgan fingerprint density at radius 3 is 2.63 bits per heavy atom.